The lowest BCUT2D eigenvalue weighted by atomic mass is 10.2. The van der Waals surface area contributed by atoms with E-state index in [2.05, 4.69) is 4.98 Å². The van der Waals surface area contributed by atoms with Crippen LogP contribution in [0, 0.1) is 0 Å². The van der Waals surface area contributed by atoms with E-state index < -0.39 is 15.1 Å². The van der Waals surface area contributed by atoms with Crippen molar-refractivity contribution in [3.63, 3.8) is 0 Å². The average Bonchev–Trinajstić information content (AvgIpc) is 2.41. The Bertz CT molecular complexity index is 597. The molecule has 18 heavy (non-hydrogen) atoms. The summed E-state index contributed by atoms with van der Waals surface area (Å²) in [5, 5.41) is -0.756. The Hall–Kier alpha value is -1.72. The molecule has 0 unspecified atom stereocenters. The summed E-state index contributed by atoms with van der Waals surface area (Å²) in [5.41, 5.74) is 6.24. The fourth-order valence-corrected chi connectivity index (χ4v) is 3.40. The van der Waals surface area contributed by atoms with Crippen LogP contribution in [0.4, 0.5) is 0 Å². The minimum absolute atomic E-state index is 0.0307. The molecule has 1 aromatic heterocycles. The molecule has 4 nitrogen and oxygen atoms in total. The number of benzene rings is 1. The largest absolute Gasteiger partial charge is 0.329 e. The Morgan fingerprint density at radius 1 is 1.11 bits per heavy atom. The molecule has 1 heterocycles. The van der Waals surface area contributed by atoms with Gasteiger partial charge >= 0.3 is 0 Å². The SMILES string of the molecule is NC[C@@H](c1cccnc1)S(=O)(=O)c1ccccc1. The summed E-state index contributed by atoms with van der Waals surface area (Å²) in [6, 6.07) is 11.8. The molecule has 94 valence electrons. The first-order valence-electron chi connectivity index (χ1n) is 5.55. The first-order chi connectivity index (χ1) is 8.66. The maximum absolute atomic E-state index is 12.5. The number of pyridine rings is 1. The molecule has 0 bridgehead atoms. The van der Waals surface area contributed by atoms with E-state index in [1.807, 2.05) is 0 Å². The third kappa shape index (κ3) is 2.42. The van der Waals surface area contributed by atoms with Gasteiger partial charge in [0.15, 0.2) is 9.84 Å². The molecule has 0 aliphatic heterocycles. The molecule has 0 aliphatic carbocycles. The van der Waals surface area contributed by atoms with Crippen molar-refractivity contribution in [3.8, 4) is 0 Å². The standard InChI is InChI=1S/C13H14N2O2S/c14-9-13(11-5-4-8-15-10-11)18(16,17)12-6-2-1-3-7-12/h1-8,10,13H,9,14H2/t13-/m0/s1. The second kappa shape index (κ2) is 5.29. The van der Waals surface area contributed by atoms with Gasteiger partial charge in [-0.2, -0.15) is 0 Å². The molecule has 0 radical (unpaired) electrons. The first kappa shape index (κ1) is 12.7. The molecule has 0 aliphatic rings. The quantitative estimate of drug-likeness (QED) is 0.907. The third-order valence-corrected chi connectivity index (χ3v) is 4.86. The molecular weight excluding hydrogens is 248 g/mol. The molecule has 2 rings (SSSR count). The van der Waals surface area contributed by atoms with Gasteiger partial charge in [-0.3, -0.25) is 4.98 Å². The minimum atomic E-state index is -3.47. The highest BCUT2D eigenvalue weighted by Gasteiger charge is 2.27. The third-order valence-electron chi connectivity index (χ3n) is 2.72. The molecule has 2 N–H and O–H groups in total. The zero-order valence-corrected chi connectivity index (χ0v) is 10.5. The summed E-state index contributed by atoms with van der Waals surface area (Å²) in [5.74, 6) is 0. The molecule has 5 heteroatoms. The minimum Gasteiger partial charge on any atom is -0.329 e. The molecule has 0 fully saturated rings. The zero-order chi connectivity index (χ0) is 13.0. The van der Waals surface area contributed by atoms with Crippen molar-refractivity contribution in [1.82, 2.24) is 4.98 Å². The van der Waals surface area contributed by atoms with E-state index in [-0.39, 0.29) is 11.4 Å². The fraction of sp³-hybridized carbons (Fsp3) is 0.154. The average molecular weight is 262 g/mol. The predicted octanol–water partition coefficient (Wildman–Crippen LogP) is 1.56. The summed E-state index contributed by atoms with van der Waals surface area (Å²) in [6.45, 7) is 0.0307. The molecule has 0 saturated heterocycles. The van der Waals surface area contributed by atoms with Crippen LogP contribution in [-0.4, -0.2) is 19.9 Å². The van der Waals surface area contributed by atoms with Gasteiger partial charge in [0.2, 0.25) is 0 Å². The first-order valence-corrected chi connectivity index (χ1v) is 7.10. The zero-order valence-electron chi connectivity index (χ0n) is 9.73. The highest BCUT2D eigenvalue weighted by atomic mass is 32.2. The predicted molar refractivity (Wildman–Crippen MR) is 69.7 cm³/mol. The molecule has 0 amide bonds. The fourth-order valence-electron chi connectivity index (χ4n) is 1.78. The van der Waals surface area contributed by atoms with E-state index in [0.717, 1.165) is 0 Å². The second-order valence-electron chi connectivity index (χ2n) is 3.87. The van der Waals surface area contributed by atoms with Crippen molar-refractivity contribution in [2.45, 2.75) is 10.1 Å². The van der Waals surface area contributed by atoms with Gasteiger partial charge in [-0.1, -0.05) is 24.3 Å². The van der Waals surface area contributed by atoms with Crippen LogP contribution in [0.3, 0.4) is 0 Å². The number of sulfone groups is 1. The van der Waals surface area contributed by atoms with Crippen LogP contribution in [0.2, 0.25) is 0 Å². The molecular formula is C13H14N2O2S. The van der Waals surface area contributed by atoms with E-state index in [4.69, 9.17) is 5.73 Å². The van der Waals surface area contributed by atoms with Gasteiger partial charge in [-0.05, 0) is 23.8 Å². The molecule has 1 atom stereocenters. The highest BCUT2D eigenvalue weighted by molar-refractivity contribution is 7.91. The number of hydrogen-bond acceptors (Lipinski definition) is 4. The maximum atomic E-state index is 12.5. The number of rotatable bonds is 4. The Morgan fingerprint density at radius 3 is 2.39 bits per heavy atom. The Kier molecular flexibility index (Phi) is 3.74. The molecule has 1 aromatic carbocycles. The van der Waals surface area contributed by atoms with Crippen molar-refractivity contribution in [2.75, 3.05) is 6.54 Å². The maximum Gasteiger partial charge on any atom is 0.186 e. The van der Waals surface area contributed by atoms with Crippen LogP contribution in [0.5, 0.6) is 0 Å². The molecule has 0 saturated carbocycles. The normalized spacial score (nSPS) is 13.2. The van der Waals surface area contributed by atoms with Crippen LogP contribution >= 0.6 is 0 Å². The van der Waals surface area contributed by atoms with E-state index in [1.54, 1.807) is 48.7 Å². The molecule has 0 spiro atoms. The highest BCUT2D eigenvalue weighted by Crippen LogP contribution is 2.27. The van der Waals surface area contributed by atoms with Crippen LogP contribution in [0.15, 0.2) is 59.8 Å². The summed E-state index contributed by atoms with van der Waals surface area (Å²) in [6.07, 6.45) is 3.14. The van der Waals surface area contributed by atoms with E-state index in [1.165, 1.54) is 6.20 Å². The number of nitrogens with two attached hydrogens (primary N) is 1. The van der Waals surface area contributed by atoms with Crippen molar-refractivity contribution >= 4 is 9.84 Å². The smallest absolute Gasteiger partial charge is 0.186 e. The van der Waals surface area contributed by atoms with E-state index in [0.29, 0.717) is 5.56 Å². The van der Waals surface area contributed by atoms with Crippen molar-refractivity contribution in [2.24, 2.45) is 5.73 Å². The van der Waals surface area contributed by atoms with Crippen LogP contribution in [0.1, 0.15) is 10.8 Å². The van der Waals surface area contributed by atoms with Crippen molar-refractivity contribution in [1.29, 1.82) is 0 Å². The van der Waals surface area contributed by atoms with Gasteiger partial charge in [0.1, 0.15) is 5.25 Å². The topological polar surface area (TPSA) is 73.0 Å². The lowest BCUT2D eigenvalue weighted by molar-refractivity contribution is 0.582. The van der Waals surface area contributed by atoms with Gasteiger partial charge in [0, 0.05) is 18.9 Å². The van der Waals surface area contributed by atoms with Gasteiger partial charge in [0.25, 0.3) is 0 Å². The van der Waals surface area contributed by atoms with E-state index >= 15 is 0 Å². The number of nitrogens with zero attached hydrogens (tertiary/aromatic N) is 1. The summed E-state index contributed by atoms with van der Waals surface area (Å²) in [7, 11) is -3.47. The second-order valence-corrected chi connectivity index (χ2v) is 6.00. The summed E-state index contributed by atoms with van der Waals surface area (Å²) >= 11 is 0. The number of aromatic nitrogens is 1. The van der Waals surface area contributed by atoms with Gasteiger partial charge in [0.05, 0.1) is 4.90 Å². The van der Waals surface area contributed by atoms with Gasteiger partial charge in [-0.15, -0.1) is 0 Å². The number of hydrogen-bond donors (Lipinski definition) is 1. The molecule has 2 aromatic rings. The summed E-state index contributed by atoms with van der Waals surface area (Å²) in [4.78, 5) is 4.22. The van der Waals surface area contributed by atoms with E-state index in [9.17, 15) is 8.42 Å². The lowest BCUT2D eigenvalue weighted by Gasteiger charge is -2.15. The Morgan fingerprint density at radius 2 is 1.83 bits per heavy atom. The van der Waals surface area contributed by atoms with Crippen LogP contribution in [-0.2, 0) is 9.84 Å². The lowest BCUT2D eigenvalue weighted by Crippen LogP contribution is -2.22. The Labute approximate surface area is 106 Å². The van der Waals surface area contributed by atoms with Gasteiger partial charge < -0.3 is 5.73 Å². The van der Waals surface area contributed by atoms with Crippen molar-refractivity contribution in [3.05, 3.63) is 60.4 Å². The van der Waals surface area contributed by atoms with Crippen LogP contribution < -0.4 is 5.73 Å². The van der Waals surface area contributed by atoms with Crippen LogP contribution in [0.25, 0.3) is 0 Å². The Balaban J connectivity index is 2.46. The monoisotopic (exact) mass is 262 g/mol. The summed E-state index contributed by atoms with van der Waals surface area (Å²) < 4.78 is 24.9. The van der Waals surface area contributed by atoms with Gasteiger partial charge in [-0.25, -0.2) is 8.42 Å². The van der Waals surface area contributed by atoms with Crippen molar-refractivity contribution < 1.29 is 8.42 Å².